The third-order valence-corrected chi connectivity index (χ3v) is 4.30. The number of rotatable bonds is 6. The molecule has 0 amide bonds. The van der Waals surface area contributed by atoms with Gasteiger partial charge in [0, 0.05) is 22.7 Å². The summed E-state index contributed by atoms with van der Waals surface area (Å²) in [6, 6.07) is 5.96. The minimum atomic E-state index is -4.58. The highest BCUT2D eigenvalue weighted by molar-refractivity contribution is 7.86. The molecule has 0 saturated carbocycles. The predicted molar refractivity (Wildman–Crippen MR) is 86.6 cm³/mol. The molecule has 0 radical (unpaired) electrons. The zero-order valence-electron chi connectivity index (χ0n) is 13.1. The van der Waals surface area contributed by atoms with Gasteiger partial charge >= 0.3 is 10.2 Å². The average Bonchev–Trinajstić information content (AvgIpc) is 2.34. The molecule has 1 rings (SSSR count). The normalized spacial score (nSPS) is 14.1. The molecule has 0 bridgehead atoms. The van der Waals surface area contributed by atoms with Crippen LogP contribution in [0.5, 0.6) is 0 Å². The number of Topliss-reactive ketones (excluding diaryl/α,β-unsaturated/α-hetero) is 1. The average molecular weight is 350 g/mol. The molecule has 124 valence electrons. The van der Waals surface area contributed by atoms with Crippen molar-refractivity contribution >= 4 is 27.6 Å². The summed E-state index contributed by atoms with van der Waals surface area (Å²) in [4.78, 5) is 14.2. The number of carbonyl (C=O) groups excluding carboxylic acids is 1. The van der Waals surface area contributed by atoms with Crippen molar-refractivity contribution in [3.63, 3.8) is 0 Å². The van der Waals surface area contributed by atoms with Gasteiger partial charge in [0.25, 0.3) is 0 Å². The molecule has 0 saturated heterocycles. The standard InChI is InChI=1S/C15H21ClFNO3S/c1-11(14(19)12-6-5-7-13(16)10-12)18(15(2,3)4)8-9-22(17,20)21/h5-7,10-11H,8-9H2,1-4H3. The number of halogens is 2. The van der Waals surface area contributed by atoms with Crippen LogP contribution < -0.4 is 0 Å². The number of carbonyl (C=O) groups is 1. The molecular formula is C15H21ClFNO3S. The molecule has 1 atom stereocenters. The summed E-state index contributed by atoms with van der Waals surface area (Å²) in [5, 5.41) is 0.451. The Morgan fingerprint density at radius 2 is 1.95 bits per heavy atom. The lowest BCUT2D eigenvalue weighted by Crippen LogP contribution is -2.51. The minimum absolute atomic E-state index is 0.0597. The Morgan fingerprint density at radius 1 is 1.36 bits per heavy atom. The second-order valence-electron chi connectivity index (χ2n) is 6.16. The van der Waals surface area contributed by atoms with Crippen LogP contribution in [0.1, 0.15) is 38.1 Å². The predicted octanol–water partition coefficient (Wildman–Crippen LogP) is 3.31. The monoisotopic (exact) mass is 349 g/mol. The number of nitrogens with zero attached hydrogens (tertiary/aromatic N) is 1. The molecule has 1 aromatic rings. The number of ketones is 1. The molecule has 7 heteroatoms. The highest BCUT2D eigenvalue weighted by Crippen LogP contribution is 2.21. The van der Waals surface area contributed by atoms with Crippen LogP contribution in [0.25, 0.3) is 0 Å². The first kappa shape index (κ1) is 19.1. The topological polar surface area (TPSA) is 54.5 Å². The fraction of sp³-hybridized carbons (Fsp3) is 0.533. The SMILES string of the molecule is CC(C(=O)c1cccc(Cl)c1)N(CCS(=O)(=O)F)C(C)(C)C. The molecule has 0 aliphatic rings. The Kier molecular flexibility index (Phi) is 6.12. The molecule has 4 nitrogen and oxygen atoms in total. The number of hydrogen-bond donors (Lipinski definition) is 0. The first-order valence-electron chi connectivity index (χ1n) is 6.90. The van der Waals surface area contributed by atoms with Gasteiger partial charge in [-0.25, -0.2) is 0 Å². The zero-order chi connectivity index (χ0) is 17.1. The van der Waals surface area contributed by atoms with E-state index in [0.717, 1.165) is 0 Å². The molecule has 0 spiro atoms. The highest BCUT2D eigenvalue weighted by atomic mass is 35.5. The van der Waals surface area contributed by atoms with Gasteiger partial charge in [-0.1, -0.05) is 23.7 Å². The van der Waals surface area contributed by atoms with Gasteiger partial charge in [-0.15, -0.1) is 3.89 Å². The summed E-state index contributed by atoms with van der Waals surface area (Å²) < 4.78 is 34.4. The van der Waals surface area contributed by atoms with Crippen molar-refractivity contribution in [1.29, 1.82) is 0 Å². The maximum Gasteiger partial charge on any atom is 0.303 e. The van der Waals surface area contributed by atoms with Crippen LogP contribution in [-0.4, -0.2) is 43.0 Å². The summed E-state index contributed by atoms with van der Waals surface area (Å²) in [5.74, 6) is -0.828. The van der Waals surface area contributed by atoms with E-state index in [4.69, 9.17) is 11.6 Å². The van der Waals surface area contributed by atoms with E-state index >= 15 is 0 Å². The quantitative estimate of drug-likeness (QED) is 0.584. The van der Waals surface area contributed by atoms with E-state index in [-0.39, 0.29) is 12.3 Å². The van der Waals surface area contributed by atoms with Crippen molar-refractivity contribution in [1.82, 2.24) is 4.90 Å². The maximum absolute atomic E-state index is 12.8. The third-order valence-electron chi connectivity index (χ3n) is 3.39. The third kappa shape index (κ3) is 5.66. The van der Waals surface area contributed by atoms with Crippen molar-refractivity contribution in [3.05, 3.63) is 34.9 Å². The van der Waals surface area contributed by atoms with Gasteiger partial charge in [0.15, 0.2) is 5.78 Å². The number of hydrogen-bond acceptors (Lipinski definition) is 4. The summed E-state index contributed by atoms with van der Waals surface area (Å²) >= 11 is 5.89. The largest absolute Gasteiger partial charge is 0.303 e. The van der Waals surface area contributed by atoms with Crippen LogP contribution in [0, 0.1) is 0 Å². The Morgan fingerprint density at radius 3 is 2.41 bits per heavy atom. The smallest absolute Gasteiger partial charge is 0.292 e. The van der Waals surface area contributed by atoms with Gasteiger partial charge in [0.05, 0.1) is 11.8 Å². The van der Waals surface area contributed by atoms with Crippen LogP contribution in [0.4, 0.5) is 3.89 Å². The van der Waals surface area contributed by atoms with E-state index in [2.05, 4.69) is 0 Å². The van der Waals surface area contributed by atoms with Gasteiger partial charge in [-0.2, -0.15) is 8.42 Å². The molecule has 0 heterocycles. The molecular weight excluding hydrogens is 329 g/mol. The summed E-state index contributed by atoms with van der Waals surface area (Å²) in [6.45, 7) is 7.16. The molecule has 0 aliphatic carbocycles. The lowest BCUT2D eigenvalue weighted by molar-refractivity contribution is 0.0645. The molecule has 0 aromatic heterocycles. The van der Waals surface area contributed by atoms with Crippen LogP contribution in [0.15, 0.2) is 24.3 Å². The number of benzene rings is 1. The van der Waals surface area contributed by atoms with Crippen molar-refractivity contribution in [2.45, 2.75) is 39.3 Å². The van der Waals surface area contributed by atoms with Crippen molar-refractivity contribution in [3.8, 4) is 0 Å². The zero-order valence-corrected chi connectivity index (χ0v) is 14.7. The molecule has 0 fully saturated rings. The van der Waals surface area contributed by atoms with Crippen molar-refractivity contribution < 1.29 is 17.1 Å². The minimum Gasteiger partial charge on any atom is -0.292 e. The van der Waals surface area contributed by atoms with Crippen LogP contribution >= 0.6 is 11.6 Å². The van der Waals surface area contributed by atoms with E-state index in [1.807, 2.05) is 20.8 Å². The van der Waals surface area contributed by atoms with E-state index in [1.165, 1.54) is 0 Å². The first-order valence-corrected chi connectivity index (χ1v) is 8.84. The highest BCUT2D eigenvalue weighted by Gasteiger charge is 2.31. The van der Waals surface area contributed by atoms with Gasteiger partial charge in [0.2, 0.25) is 0 Å². The van der Waals surface area contributed by atoms with Gasteiger partial charge in [0.1, 0.15) is 0 Å². The molecule has 22 heavy (non-hydrogen) atoms. The van der Waals surface area contributed by atoms with Gasteiger partial charge in [-0.05, 0) is 39.8 Å². The van der Waals surface area contributed by atoms with E-state index in [0.29, 0.717) is 10.6 Å². The summed E-state index contributed by atoms with van der Waals surface area (Å²) in [7, 11) is -4.58. The van der Waals surface area contributed by atoms with Crippen LogP contribution in [-0.2, 0) is 10.2 Å². The molecule has 0 N–H and O–H groups in total. The fourth-order valence-electron chi connectivity index (χ4n) is 2.34. The Hall–Kier alpha value is -0.980. The Balaban J connectivity index is 3.01. The van der Waals surface area contributed by atoms with Crippen molar-refractivity contribution in [2.24, 2.45) is 0 Å². The Bertz CT molecular complexity index is 640. The van der Waals surface area contributed by atoms with Gasteiger partial charge < -0.3 is 0 Å². The summed E-state index contributed by atoms with van der Waals surface area (Å²) in [6.07, 6.45) is 0. The maximum atomic E-state index is 12.8. The van der Waals surface area contributed by atoms with E-state index < -0.39 is 27.6 Å². The Labute approximate surface area is 136 Å². The second kappa shape index (κ2) is 7.06. The summed E-state index contributed by atoms with van der Waals surface area (Å²) in [5.41, 5.74) is -0.0458. The van der Waals surface area contributed by atoms with Crippen LogP contribution in [0.2, 0.25) is 5.02 Å². The van der Waals surface area contributed by atoms with E-state index in [9.17, 15) is 17.1 Å². The second-order valence-corrected chi connectivity index (χ2v) is 8.08. The van der Waals surface area contributed by atoms with Crippen molar-refractivity contribution in [2.75, 3.05) is 12.3 Å². The fourth-order valence-corrected chi connectivity index (χ4v) is 2.95. The van der Waals surface area contributed by atoms with E-state index in [1.54, 1.807) is 36.1 Å². The van der Waals surface area contributed by atoms with Gasteiger partial charge in [-0.3, -0.25) is 9.69 Å². The lowest BCUT2D eigenvalue weighted by atomic mass is 9.98. The molecule has 1 aromatic carbocycles. The van der Waals surface area contributed by atoms with Crippen LogP contribution in [0.3, 0.4) is 0 Å². The first-order chi connectivity index (χ1) is 9.92. The lowest BCUT2D eigenvalue weighted by Gasteiger charge is -2.39. The molecule has 1 unspecified atom stereocenters. The molecule has 0 aliphatic heterocycles.